The summed E-state index contributed by atoms with van der Waals surface area (Å²) in [6.45, 7) is 6.96. The molecule has 1 aliphatic rings. The first-order valence-electron chi connectivity index (χ1n) is 6.98. The molecule has 18 heavy (non-hydrogen) atoms. The number of carbonyl (C=O) groups excluding carboxylic acids is 1. The predicted molar refractivity (Wildman–Crippen MR) is 73.0 cm³/mol. The van der Waals surface area contributed by atoms with Gasteiger partial charge in [-0.3, -0.25) is 4.79 Å². The number of nitrogens with one attached hydrogen (secondary N) is 1. The smallest absolute Gasteiger partial charge is 0.221 e. The first-order valence-corrected chi connectivity index (χ1v) is 6.98. The van der Waals surface area contributed by atoms with Gasteiger partial charge in [-0.2, -0.15) is 0 Å². The maximum absolute atomic E-state index is 11.7. The van der Waals surface area contributed by atoms with Crippen molar-refractivity contribution >= 4 is 5.91 Å². The van der Waals surface area contributed by atoms with Crippen molar-refractivity contribution in [3.63, 3.8) is 0 Å². The Hall–Kier alpha value is -0.610. The van der Waals surface area contributed by atoms with Gasteiger partial charge in [-0.25, -0.2) is 0 Å². The summed E-state index contributed by atoms with van der Waals surface area (Å²) in [5.74, 6) is 0.235. The average molecular weight is 256 g/mol. The Kier molecular flexibility index (Phi) is 5.60. The number of aliphatic hydroxyl groups excluding tert-OH is 1. The molecule has 0 aromatic carbocycles. The van der Waals surface area contributed by atoms with Crippen LogP contribution in [0.25, 0.3) is 0 Å². The Balaban J connectivity index is 2.21. The maximum atomic E-state index is 11.7. The molecule has 0 aromatic heterocycles. The van der Waals surface area contributed by atoms with Crippen LogP contribution >= 0.6 is 0 Å². The molecule has 106 valence electrons. The molecule has 3 atom stereocenters. The van der Waals surface area contributed by atoms with Crippen LogP contribution in [0.3, 0.4) is 0 Å². The van der Waals surface area contributed by atoms with Crippen molar-refractivity contribution in [1.82, 2.24) is 5.32 Å². The number of aliphatic hydroxyl groups is 1. The number of hydrogen-bond donors (Lipinski definition) is 3. The largest absolute Gasteiger partial charge is 0.393 e. The monoisotopic (exact) mass is 256 g/mol. The fourth-order valence-corrected chi connectivity index (χ4v) is 2.67. The third-order valence-electron chi connectivity index (χ3n) is 3.50. The lowest BCUT2D eigenvalue weighted by Crippen LogP contribution is -2.37. The number of nitrogens with two attached hydrogens (primary N) is 1. The molecule has 4 nitrogen and oxygen atoms in total. The second-order valence-corrected chi connectivity index (χ2v) is 6.79. The summed E-state index contributed by atoms with van der Waals surface area (Å²) >= 11 is 0. The third-order valence-corrected chi connectivity index (χ3v) is 3.50. The van der Waals surface area contributed by atoms with Gasteiger partial charge in [0.25, 0.3) is 0 Å². The topological polar surface area (TPSA) is 75.4 Å². The summed E-state index contributed by atoms with van der Waals surface area (Å²) in [6, 6.07) is -0.0847. The first kappa shape index (κ1) is 15.4. The van der Waals surface area contributed by atoms with E-state index in [0.29, 0.717) is 13.0 Å². The molecule has 3 unspecified atom stereocenters. The summed E-state index contributed by atoms with van der Waals surface area (Å²) in [6.07, 6.45) is 3.91. The van der Waals surface area contributed by atoms with Gasteiger partial charge < -0.3 is 16.2 Å². The Labute approximate surface area is 110 Å². The van der Waals surface area contributed by atoms with Crippen molar-refractivity contribution in [3.8, 4) is 0 Å². The van der Waals surface area contributed by atoms with Crippen LogP contribution in [-0.2, 0) is 4.79 Å². The second kappa shape index (κ2) is 6.53. The van der Waals surface area contributed by atoms with Crippen LogP contribution in [0.2, 0.25) is 0 Å². The van der Waals surface area contributed by atoms with Crippen LogP contribution < -0.4 is 11.1 Å². The molecule has 1 saturated carbocycles. The van der Waals surface area contributed by atoms with Gasteiger partial charge in [0.15, 0.2) is 0 Å². The van der Waals surface area contributed by atoms with Gasteiger partial charge in [0, 0.05) is 24.9 Å². The van der Waals surface area contributed by atoms with Gasteiger partial charge >= 0.3 is 0 Å². The van der Waals surface area contributed by atoms with Crippen molar-refractivity contribution in [2.75, 3.05) is 6.54 Å². The number of amides is 1. The molecule has 1 aliphatic carbocycles. The molecule has 0 saturated heterocycles. The Morgan fingerprint density at radius 1 is 1.44 bits per heavy atom. The normalized spacial score (nSPS) is 26.1. The van der Waals surface area contributed by atoms with Crippen LogP contribution in [0.4, 0.5) is 0 Å². The molecular formula is C14H28N2O2. The predicted octanol–water partition coefficient (Wildman–Crippen LogP) is 1.42. The van der Waals surface area contributed by atoms with Crippen LogP contribution in [0.15, 0.2) is 0 Å². The van der Waals surface area contributed by atoms with E-state index < -0.39 is 0 Å². The SMILES string of the molecule is CC(C)(C)CC(N)CC(=O)NCC1CCCC1O. The van der Waals surface area contributed by atoms with Crippen LogP contribution in [-0.4, -0.2) is 29.7 Å². The highest BCUT2D eigenvalue weighted by molar-refractivity contribution is 5.76. The van der Waals surface area contributed by atoms with Gasteiger partial charge in [0.1, 0.15) is 0 Å². The van der Waals surface area contributed by atoms with Crippen molar-refractivity contribution in [2.24, 2.45) is 17.1 Å². The van der Waals surface area contributed by atoms with Crippen LogP contribution in [0.5, 0.6) is 0 Å². The van der Waals surface area contributed by atoms with E-state index in [2.05, 4.69) is 26.1 Å². The Bertz CT molecular complexity index is 273. The summed E-state index contributed by atoms with van der Waals surface area (Å²) in [7, 11) is 0. The highest BCUT2D eigenvalue weighted by Gasteiger charge is 2.25. The Morgan fingerprint density at radius 2 is 2.11 bits per heavy atom. The van der Waals surface area contributed by atoms with Gasteiger partial charge in [-0.05, 0) is 24.7 Å². The molecule has 0 spiro atoms. The highest BCUT2D eigenvalue weighted by Crippen LogP contribution is 2.24. The zero-order chi connectivity index (χ0) is 13.8. The van der Waals surface area contributed by atoms with E-state index in [9.17, 15) is 9.90 Å². The molecule has 0 heterocycles. The minimum Gasteiger partial charge on any atom is -0.393 e. The maximum Gasteiger partial charge on any atom is 0.221 e. The average Bonchev–Trinajstić information content (AvgIpc) is 2.57. The number of hydrogen-bond acceptors (Lipinski definition) is 3. The van der Waals surface area contributed by atoms with Crippen molar-refractivity contribution < 1.29 is 9.90 Å². The molecular weight excluding hydrogens is 228 g/mol. The standard InChI is InChI=1S/C14H28N2O2/c1-14(2,3)8-11(15)7-13(18)16-9-10-5-4-6-12(10)17/h10-12,17H,4-9,15H2,1-3H3,(H,16,18). The highest BCUT2D eigenvalue weighted by atomic mass is 16.3. The summed E-state index contributed by atoms with van der Waals surface area (Å²) in [5.41, 5.74) is 6.12. The lowest BCUT2D eigenvalue weighted by Gasteiger charge is -2.23. The lowest BCUT2D eigenvalue weighted by atomic mass is 9.87. The molecule has 0 bridgehead atoms. The summed E-state index contributed by atoms with van der Waals surface area (Å²) < 4.78 is 0. The van der Waals surface area contributed by atoms with Crippen molar-refractivity contribution in [2.45, 2.75) is 65.0 Å². The lowest BCUT2D eigenvalue weighted by molar-refractivity contribution is -0.121. The van der Waals surface area contributed by atoms with E-state index in [4.69, 9.17) is 5.73 Å². The number of carbonyl (C=O) groups is 1. The van der Waals surface area contributed by atoms with E-state index >= 15 is 0 Å². The van der Waals surface area contributed by atoms with Crippen molar-refractivity contribution in [1.29, 1.82) is 0 Å². The molecule has 4 heteroatoms. The molecule has 1 rings (SSSR count). The molecule has 4 N–H and O–H groups in total. The van der Waals surface area contributed by atoms with Crippen molar-refractivity contribution in [3.05, 3.63) is 0 Å². The van der Waals surface area contributed by atoms with Gasteiger partial charge in [0.2, 0.25) is 5.91 Å². The van der Waals surface area contributed by atoms with E-state index in [-0.39, 0.29) is 29.4 Å². The second-order valence-electron chi connectivity index (χ2n) is 6.79. The van der Waals surface area contributed by atoms with E-state index in [0.717, 1.165) is 25.7 Å². The van der Waals surface area contributed by atoms with E-state index in [1.165, 1.54) is 0 Å². The minimum absolute atomic E-state index is 0.00542. The summed E-state index contributed by atoms with van der Waals surface area (Å²) in [4.78, 5) is 11.7. The van der Waals surface area contributed by atoms with E-state index in [1.54, 1.807) is 0 Å². The molecule has 1 fully saturated rings. The number of rotatable bonds is 5. The minimum atomic E-state index is -0.242. The zero-order valence-corrected chi connectivity index (χ0v) is 11.9. The Morgan fingerprint density at radius 3 is 2.61 bits per heavy atom. The zero-order valence-electron chi connectivity index (χ0n) is 11.9. The van der Waals surface area contributed by atoms with Gasteiger partial charge in [-0.1, -0.05) is 27.2 Å². The summed E-state index contributed by atoms with van der Waals surface area (Å²) in [5, 5.41) is 12.6. The molecule has 0 aliphatic heterocycles. The van der Waals surface area contributed by atoms with Gasteiger partial charge in [-0.15, -0.1) is 0 Å². The van der Waals surface area contributed by atoms with E-state index in [1.807, 2.05) is 0 Å². The molecule has 0 aromatic rings. The molecule has 0 radical (unpaired) electrons. The van der Waals surface area contributed by atoms with Gasteiger partial charge in [0.05, 0.1) is 6.10 Å². The molecule has 1 amide bonds. The quantitative estimate of drug-likeness (QED) is 0.696. The van der Waals surface area contributed by atoms with Crippen LogP contribution in [0, 0.1) is 11.3 Å². The third kappa shape index (κ3) is 5.83. The first-order chi connectivity index (χ1) is 8.28. The van der Waals surface area contributed by atoms with Crippen LogP contribution in [0.1, 0.15) is 52.9 Å². The fourth-order valence-electron chi connectivity index (χ4n) is 2.67. The fraction of sp³-hybridized carbons (Fsp3) is 0.929.